The summed E-state index contributed by atoms with van der Waals surface area (Å²) in [5.74, 6) is 0. The molecule has 2 aromatic rings. The molecular formula is C20H27N. The van der Waals surface area contributed by atoms with Crippen LogP contribution in [0.1, 0.15) is 45.0 Å². The number of benzene rings is 2. The molecule has 0 aliphatic heterocycles. The quantitative estimate of drug-likeness (QED) is 0.854. The zero-order valence-electron chi connectivity index (χ0n) is 14.2. The number of rotatable bonds is 4. The number of likely N-dealkylation sites (N-methyl/N-ethyl adjacent to an activating group) is 1. The van der Waals surface area contributed by atoms with E-state index in [4.69, 9.17) is 0 Å². The van der Waals surface area contributed by atoms with E-state index in [0.717, 1.165) is 6.42 Å². The zero-order chi connectivity index (χ0) is 15.6. The van der Waals surface area contributed by atoms with Gasteiger partial charge in [0.25, 0.3) is 0 Å². The Kier molecular flexibility index (Phi) is 4.84. The molecule has 1 heteroatoms. The maximum Gasteiger partial charge on any atom is 0.0363 e. The second-order valence-corrected chi connectivity index (χ2v) is 6.29. The average molecular weight is 281 g/mol. The van der Waals surface area contributed by atoms with Gasteiger partial charge >= 0.3 is 0 Å². The summed E-state index contributed by atoms with van der Waals surface area (Å²) in [5.41, 5.74) is 9.72. The normalized spacial score (nSPS) is 12.5. The molecule has 1 N–H and O–H groups in total. The third-order valence-corrected chi connectivity index (χ3v) is 4.36. The summed E-state index contributed by atoms with van der Waals surface area (Å²) in [6.07, 6.45) is 1.04. The summed E-state index contributed by atoms with van der Waals surface area (Å²) < 4.78 is 0. The summed E-state index contributed by atoms with van der Waals surface area (Å²) in [5, 5.41) is 3.51. The SMILES string of the molecule is CNC(Cc1cc(C)ccc1C)c1c(C)cc(C)cc1C. The van der Waals surface area contributed by atoms with Crippen LogP contribution in [0.4, 0.5) is 0 Å². The first kappa shape index (κ1) is 15.8. The van der Waals surface area contributed by atoms with E-state index >= 15 is 0 Å². The molecule has 2 aromatic carbocycles. The Bertz CT molecular complexity index is 617. The highest BCUT2D eigenvalue weighted by molar-refractivity contribution is 5.41. The fourth-order valence-corrected chi connectivity index (χ4v) is 3.33. The van der Waals surface area contributed by atoms with Crippen molar-refractivity contribution in [2.24, 2.45) is 0 Å². The molecule has 0 aliphatic rings. The first-order chi connectivity index (χ1) is 9.92. The van der Waals surface area contributed by atoms with Gasteiger partial charge in [0.1, 0.15) is 0 Å². The highest BCUT2D eigenvalue weighted by atomic mass is 14.9. The minimum Gasteiger partial charge on any atom is -0.313 e. The second-order valence-electron chi connectivity index (χ2n) is 6.29. The van der Waals surface area contributed by atoms with Crippen LogP contribution < -0.4 is 5.32 Å². The van der Waals surface area contributed by atoms with Crippen molar-refractivity contribution in [3.63, 3.8) is 0 Å². The van der Waals surface area contributed by atoms with E-state index in [1.165, 1.54) is 38.9 Å². The molecule has 2 rings (SSSR count). The van der Waals surface area contributed by atoms with Crippen molar-refractivity contribution in [3.05, 3.63) is 69.3 Å². The Morgan fingerprint density at radius 3 is 2.00 bits per heavy atom. The van der Waals surface area contributed by atoms with E-state index in [1.807, 2.05) is 0 Å². The van der Waals surface area contributed by atoms with Crippen molar-refractivity contribution in [2.45, 2.75) is 47.1 Å². The number of hydrogen-bond acceptors (Lipinski definition) is 1. The van der Waals surface area contributed by atoms with Crippen LogP contribution in [0.25, 0.3) is 0 Å². The van der Waals surface area contributed by atoms with Crippen LogP contribution in [0.15, 0.2) is 30.3 Å². The maximum absolute atomic E-state index is 3.51. The molecule has 1 unspecified atom stereocenters. The van der Waals surface area contributed by atoms with Gasteiger partial charge in [-0.3, -0.25) is 0 Å². The Morgan fingerprint density at radius 2 is 1.43 bits per heavy atom. The monoisotopic (exact) mass is 281 g/mol. The molecule has 0 amide bonds. The van der Waals surface area contributed by atoms with Crippen molar-refractivity contribution in [2.75, 3.05) is 7.05 Å². The molecular weight excluding hydrogens is 254 g/mol. The molecule has 0 saturated carbocycles. The smallest absolute Gasteiger partial charge is 0.0363 e. The standard InChI is InChI=1S/C20H27N/c1-13-7-8-15(3)18(11-13)12-19(21-6)20-16(4)9-14(2)10-17(20)5/h7-11,19,21H,12H2,1-6H3. The van der Waals surface area contributed by atoms with E-state index in [-0.39, 0.29) is 0 Å². The van der Waals surface area contributed by atoms with Gasteiger partial charge in [-0.1, -0.05) is 41.5 Å². The van der Waals surface area contributed by atoms with Crippen molar-refractivity contribution in [1.29, 1.82) is 0 Å². The van der Waals surface area contributed by atoms with Crippen LogP contribution in [0.5, 0.6) is 0 Å². The predicted octanol–water partition coefficient (Wildman–Crippen LogP) is 4.73. The fourth-order valence-electron chi connectivity index (χ4n) is 3.33. The van der Waals surface area contributed by atoms with Gasteiger partial charge < -0.3 is 5.32 Å². The lowest BCUT2D eigenvalue weighted by Gasteiger charge is -2.23. The van der Waals surface area contributed by atoms with Gasteiger partial charge in [-0.15, -0.1) is 0 Å². The minimum absolute atomic E-state index is 0.367. The van der Waals surface area contributed by atoms with Crippen LogP contribution in [0.2, 0.25) is 0 Å². The Hall–Kier alpha value is -1.60. The molecule has 0 heterocycles. The van der Waals surface area contributed by atoms with E-state index in [1.54, 1.807) is 0 Å². The highest BCUT2D eigenvalue weighted by Crippen LogP contribution is 2.27. The summed E-state index contributed by atoms with van der Waals surface area (Å²) in [7, 11) is 2.06. The van der Waals surface area contributed by atoms with Gasteiger partial charge in [-0.2, -0.15) is 0 Å². The number of hydrogen-bond donors (Lipinski definition) is 1. The van der Waals surface area contributed by atoms with Crippen LogP contribution in [-0.2, 0) is 6.42 Å². The topological polar surface area (TPSA) is 12.0 Å². The van der Waals surface area contributed by atoms with Crippen LogP contribution in [0.3, 0.4) is 0 Å². The number of nitrogens with one attached hydrogen (secondary N) is 1. The lowest BCUT2D eigenvalue weighted by atomic mass is 9.89. The van der Waals surface area contributed by atoms with Gasteiger partial charge in [-0.25, -0.2) is 0 Å². The number of aryl methyl sites for hydroxylation is 5. The van der Waals surface area contributed by atoms with Gasteiger partial charge in [-0.05, 0) is 75.9 Å². The van der Waals surface area contributed by atoms with Crippen molar-refractivity contribution < 1.29 is 0 Å². The van der Waals surface area contributed by atoms with E-state index in [2.05, 4.69) is 77.3 Å². The molecule has 112 valence electrons. The maximum atomic E-state index is 3.51. The molecule has 0 aromatic heterocycles. The molecule has 21 heavy (non-hydrogen) atoms. The van der Waals surface area contributed by atoms with Gasteiger partial charge in [0.15, 0.2) is 0 Å². The molecule has 1 nitrogen and oxygen atoms in total. The molecule has 0 aliphatic carbocycles. The second kappa shape index (κ2) is 6.44. The van der Waals surface area contributed by atoms with E-state index in [0.29, 0.717) is 6.04 Å². The first-order valence-electron chi connectivity index (χ1n) is 7.73. The third kappa shape index (κ3) is 3.54. The Labute approximate surface area is 129 Å². The first-order valence-corrected chi connectivity index (χ1v) is 7.73. The van der Waals surface area contributed by atoms with Crippen molar-refractivity contribution in [1.82, 2.24) is 5.32 Å². The molecule has 0 saturated heterocycles. The summed E-state index contributed by atoms with van der Waals surface area (Å²) in [6.45, 7) is 11.0. The van der Waals surface area contributed by atoms with Gasteiger partial charge in [0.05, 0.1) is 0 Å². The highest BCUT2D eigenvalue weighted by Gasteiger charge is 2.16. The summed E-state index contributed by atoms with van der Waals surface area (Å²) in [6, 6.07) is 11.7. The third-order valence-electron chi connectivity index (χ3n) is 4.36. The van der Waals surface area contributed by atoms with Crippen LogP contribution in [-0.4, -0.2) is 7.05 Å². The van der Waals surface area contributed by atoms with E-state index in [9.17, 15) is 0 Å². The van der Waals surface area contributed by atoms with Crippen molar-refractivity contribution >= 4 is 0 Å². The molecule has 0 radical (unpaired) electrons. The van der Waals surface area contributed by atoms with Crippen LogP contribution in [0, 0.1) is 34.6 Å². The lowest BCUT2D eigenvalue weighted by molar-refractivity contribution is 0.584. The molecule has 1 atom stereocenters. The fraction of sp³-hybridized carbons (Fsp3) is 0.400. The van der Waals surface area contributed by atoms with E-state index < -0.39 is 0 Å². The molecule has 0 fully saturated rings. The Morgan fingerprint density at radius 1 is 0.810 bits per heavy atom. The summed E-state index contributed by atoms with van der Waals surface area (Å²) >= 11 is 0. The largest absolute Gasteiger partial charge is 0.313 e. The average Bonchev–Trinajstić information content (AvgIpc) is 2.40. The Balaban J connectivity index is 2.39. The van der Waals surface area contributed by atoms with Gasteiger partial charge in [0, 0.05) is 6.04 Å². The minimum atomic E-state index is 0.367. The summed E-state index contributed by atoms with van der Waals surface area (Å²) in [4.78, 5) is 0. The lowest BCUT2D eigenvalue weighted by Crippen LogP contribution is -2.21. The van der Waals surface area contributed by atoms with Crippen molar-refractivity contribution in [3.8, 4) is 0 Å². The zero-order valence-corrected chi connectivity index (χ0v) is 14.2. The predicted molar refractivity (Wildman–Crippen MR) is 92.1 cm³/mol. The molecule has 0 bridgehead atoms. The van der Waals surface area contributed by atoms with Crippen LogP contribution >= 0.6 is 0 Å². The molecule has 0 spiro atoms. The van der Waals surface area contributed by atoms with Gasteiger partial charge in [0.2, 0.25) is 0 Å².